The number of allylic oxidation sites excluding steroid dienone is 3. The summed E-state index contributed by atoms with van der Waals surface area (Å²) in [6.45, 7) is 0.676. The number of carbonyl (C=O) groups excluding carboxylic acids is 2. The van der Waals surface area contributed by atoms with Crippen LogP contribution in [0.5, 0.6) is 0 Å². The third-order valence-electron chi connectivity index (χ3n) is 3.64. The van der Waals surface area contributed by atoms with E-state index >= 15 is 0 Å². The number of aromatic nitrogens is 1. The van der Waals surface area contributed by atoms with Crippen molar-refractivity contribution < 1.29 is 14.2 Å². The van der Waals surface area contributed by atoms with Crippen LogP contribution in [0.3, 0.4) is 0 Å². The Hall–Kier alpha value is -1.63. The third kappa shape index (κ3) is 2.69. The fourth-order valence-corrected chi connectivity index (χ4v) is 4.00. The summed E-state index contributed by atoms with van der Waals surface area (Å²) < 4.78 is 2.00. The van der Waals surface area contributed by atoms with Crippen LogP contribution >= 0.6 is 23.4 Å². The minimum absolute atomic E-state index is 0.175. The summed E-state index contributed by atoms with van der Waals surface area (Å²) in [4.78, 5) is 25.0. The molecule has 114 valence electrons. The van der Waals surface area contributed by atoms with Gasteiger partial charge < -0.3 is 5.73 Å². The molecule has 1 aromatic heterocycles. The van der Waals surface area contributed by atoms with Crippen LogP contribution in [0.2, 0.25) is 0 Å². The number of rotatable bonds is 4. The van der Waals surface area contributed by atoms with Crippen molar-refractivity contribution in [2.24, 2.45) is 5.73 Å². The SMILES string of the molecule is N[C@@H]1C(=O)N2C(C(=O)Cl)=C(/C=C/C[n+]3ccccc3)CS[C@H]12. The van der Waals surface area contributed by atoms with Gasteiger partial charge in [0.1, 0.15) is 17.1 Å². The molecule has 0 bridgehead atoms. The standard InChI is InChI=1S/C15H15ClN3O2S/c16-13(20)12-10(5-4-8-18-6-2-1-3-7-18)9-22-15-11(17)14(21)19(12)15/h1-7,11,15H,8-9,17H2/q+1/b5-4+/t11-,15-/m1/s1. The van der Waals surface area contributed by atoms with E-state index in [9.17, 15) is 9.59 Å². The van der Waals surface area contributed by atoms with Gasteiger partial charge in [0.15, 0.2) is 18.9 Å². The van der Waals surface area contributed by atoms with E-state index < -0.39 is 11.3 Å². The lowest BCUT2D eigenvalue weighted by molar-refractivity contribution is -0.687. The van der Waals surface area contributed by atoms with Crippen LogP contribution in [0.4, 0.5) is 0 Å². The zero-order valence-electron chi connectivity index (χ0n) is 11.7. The molecule has 3 rings (SSSR count). The normalized spacial score (nSPS) is 24.5. The number of hydrogen-bond donors (Lipinski definition) is 1. The summed E-state index contributed by atoms with van der Waals surface area (Å²) >= 11 is 7.23. The quantitative estimate of drug-likeness (QED) is 0.501. The first-order chi connectivity index (χ1) is 10.6. The van der Waals surface area contributed by atoms with Gasteiger partial charge >= 0.3 is 0 Å². The number of nitrogens with two attached hydrogens (primary N) is 1. The highest BCUT2D eigenvalue weighted by molar-refractivity contribution is 8.00. The molecule has 2 aliphatic rings. The maximum Gasteiger partial charge on any atom is 0.269 e. The zero-order chi connectivity index (χ0) is 15.7. The lowest BCUT2D eigenvalue weighted by Crippen LogP contribution is -2.68. The first kappa shape index (κ1) is 15.3. The number of hydrogen-bond acceptors (Lipinski definition) is 4. The topological polar surface area (TPSA) is 67.3 Å². The van der Waals surface area contributed by atoms with Gasteiger partial charge in [-0.15, -0.1) is 11.8 Å². The van der Waals surface area contributed by atoms with Crippen molar-refractivity contribution in [3.63, 3.8) is 0 Å². The van der Waals surface area contributed by atoms with E-state index in [0.29, 0.717) is 12.3 Å². The molecule has 0 aliphatic carbocycles. The van der Waals surface area contributed by atoms with E-state index in [1.807, 2.05) is 47.3 Å². The molecular formula is C15H15ClN3O2S+. The van der Waals surface area contributed by atoms with Crippen molar-refractivity contribution in [2.45, 2.75) is 18.0 Å². The number of nitrogens with zero attached hydrogens (tertiary/aromatic N) is 2. The molecule has 1 aromatic rings. The summed E-state index contributed by atoms with van der Waals surface area (Å²) in [5.41, 5.74) is 6.78. The molecule has 22 heavy (non-hydrogen) atoms. The summed E-state index contributed by atoms with van der Waals surface area (Å²) in [5, 5.41) is -0.789. The van der Waals surface area contributed by atoms with Crippen molar-refractivity contribution in [1.82, 2.24) is 4.90 Å². The summed E-state index contributed by atoms with van der Waals surface area (Å²) in [6.07, 6.45) is 7.71. The Balaban J connectivity index is 1.81. The first-order valence-electron chi connectivity index (χ1n) is 6.83. The van der Waals surface area contributed by atoms with E-state index in [1.165, 1.54) is 4.90 Å². The predicted molar refractivity (Wildman–Crippen MR) is 84.7 cm³/mol. The van der Waals surface area contributed by atoms with Crippen molar-refractivity contribution in [3.05, 3.63) is 54.0 Å². The lowest BCUT2D eigenvalue weighted by atomic mass is 10.0. The highest BCUT2D eigenvalue weighted by Gasteiger charge is 2.51. The fourth-order valence-electron chi connectivity index (χ4n) is 2.52. The number of halogens is 1. The number of thioether (sulfide) groups is 1. The second kappa shape index (κ2) is 6.24. The van der Waals surface area contributed by atoms with Gasteiger partial charge in [-0.05, 0) is 23.3 Å². The Kier molecular flexibility index (Phi) is 4.33. The van der Waals surface area contributed by atoms with E-state index in [0.717, 1.165) is 5.57 Å². The van der Waals surface area contributed by atoms with Gasteiger partial charge in [0.05, 0.1) is 0 Å². The van der Waals surface area contributed by atoms with E-state index in [4.69, 9.17) is 17.3 Å². The maximum atomic E-state index is 11.9. The molecule has 1 saturated heterocycles. The molecule has 0 saturated carbocycles. The molecule has 0 unspecified atom stereocenters. The van der Waals surface area contributed by atoms with Crippen LogP contribution in [0.25, 0.3) is 0 Å². The van der Waals surface area contributed by atoms with E-state index in [2.05, 4.69) is 0 Å². The van der Waals surface area contributed by atoms with Crippen LogP contribution < -0.4 is 10.3 Å². The minimum Gasteiger partial charge on any atom is -0.317 e. The lowest BCUT2D eigenvalue weighted by Gasteiger charge is -2.48. The largest absolute Gasteiger partial charge is 0.317 e. The summed E-state index contributed by atoms with van der Waals surface area (Å²) in [5.74, 6) is 0.371. The number of β-lactam (4-membered cyclic amide) rings is 1. The fraction of sp³-hybridized carbons (Fsp3) is 0.267. The van der Waals surface area contributed by atoms with Gasteiger partial charge in [-0.25, -0.2) is 4.57 Å². The van der Waals surface area contributed by atoms with Gasteiger partial charge in [0.2, 0.25) is 5.91 Å². The molecule has 2 aliphatic heterocycles. The van der Waals surface area contributed by atoms with Crippen LogP contribution in [0.15, 0.2) is 54.0 Å². The van der Waals surface area contributed by atoms with Gasteiger partial charge in [0.25, 0.3) is 5.24 Å². The van der Waals surface area contributed by atoms with Gasteiger partial charge in [0, 0.05) is 17.9 Å². The third-order valence-corrected chi connectivity index (χ3v) is 5.14. The van der Waals surface area contributed by atoms with E-state index in [1.54, 1.807) is 11.8 Å². The Bertz CT molecular complexity index is 675. The summed E-state index contributed by atoms with van der Waals surface area (Å²) in [6, 6.07) is 5.30. The first-order valence-corrected chi connectivity index (χ1v) is 8.26. The van der Waals surface area contributed by atoms with Gasteiger partial charge in [-0.3, -0.25) is 14.5 Å². The Morgan fingerprint density at radius 1 is 1.45 bits per heavy atom. The zero-order valence-corrected chi connectivity index (χ0v) is 13.3. The molecule has 5 nitrogen and oxygen atoms in total. The van der Waals surface area contributed by atoms with Crippen molar-refractivity contribution in [1.29, 1.82) is 0 Å². The van der Waals surface area contributed by atoms with E-state index in [-0.39, 0.29) is 17.0 Å². The molecule has 2 atom stereocenters. The molecular weight excluding hydrogens is 322 g/mol. The molecule has 1 fully saturated rings. The van der Waals surface area contributed by atoms with Crippen LogP contribution in [0.1, 0.15) is 0 Å². The van der Waals surface area contributed by atoms with Gasteiger partial charge in [-0.2, -0.15) is 0 Å². The average molecular weight is 337 g/mol. The van der Waals surface area contributed by atoms with Crippen molar-refractivity contribution >= 4 is 34.5 Å². The highest BCUT2D eigenvalue weighted by Crippen LogP contribution is 2.40. The molecule has 0 spiro atoms. The van der Waals surface area contributed by atoms with Crippen molar-refractivity contribution in [3.8, 4) is 0 Å². The van der Waals surface area contributed by atoms with Crippen molar-refractivity contribution in [2.75, 3.05) is 5.75 Å². The van der Waals surface area contributed by atoms with Crippen LogP contribution in [0, 0.1) is 0 Å². The van der Waals surface area contributed by atoms with Gasteiger partial charge in [-0.1, -0.05) is 12.1 Å². The number of carbonyl (C=O) groups is 2. The average Bonchev–Trinajstić information content (AvgIpc) is 2.54. The number of fused-ring (bicyclic) bond motifs is 1. The Morgan fingerprint density at radius 2 is 2.18 bits per heavy atom. The smallest absolute Gasteiger partial charge is 0.269 e. The molecule has 7 heteroatoms. The predicted octanol–water partition coefficient (Wildman–Crippen LogP) is 0.792. The maximum absolute atomic E-state index is 11.9. The summed E-state index contributed by atoms with van der Waals surface area (Å²) in [7, 11) is 0. The Morgan fingerprint density at radius 3 is 2.86 bits per heavy atom. The van der Waals surface area contributed by atoms with Crippen LogP contribution in [-0.2, 0) is 16.1 Å². The second-order valence-corrected chi connectivity index (χ2v) is 6.51. The second-order valence-electron chi connectivity index (χ2n) is 5.06. The highest BCUT2D eigenvalue weighted by atomic mass is 35.5. The van der Waals surface area contributed by atoms with Crippen LogP contribution in [-0.4, -0.2) is 33.2 Å². The molecule has 3 heterocycles. The molecule has 1 amide bonds. The minimum atomic E-state index is -0.613. The molecule has 0 aromatic carbocycles. The molecule has 0 radical (unpaired) electrons. The molecule has 2 N–H and O–H groups in total. The number of amides is 1. The Labute approximate surface area is 137 Å². The monoisotopic (exact) mass is 336 g/mol. The number of pyridine rings is 1.